The summed E-state index contributed by atoms with van der Waals surface area (Å²) in [7, 11) is 0. The van der Waals surface area contributed by atoms with E-state index < -0.39 is 0 Å². The summed E-state index contributed by atoms with van der Waals surface area (Å²) in [4.78, 5) is 4.90. The smallest absolute Gasteiger partial charge is 0.257 e. The van der Waals surface area contributed by atoms with E-state index in [1.807, 2.05) is 36.8 Å². The van der Waals surface area contributed by atoms with Gasteiger partial charge in [-0.15, -0.1) is 0 Å². The Balaban J connectivity index is 1.15. The van der Waals surface area contributed by atoms with E-state index in [9.17, 15) is 0 Å². The Morgan fingerprint density at radius 1 is 0.469 bits per heavy atom. The van der Waals surface area contributed by atoms with Crippen molar-refractivity contribution >= 4 is 90.3 Å². The molecule has 0 N–H and O–H groups in total. The van der Waals surface area contributed by atoms with Crippen LogP contribution in [0.3, 0.4) is 0 Å². The number of rotatable bonds is 4. The fraction of sp³-hybridized carbons (Fsp3) is 0.172. The number of hydrogen-bond acceptors (Lipinski definition) is 5. The van der Waals surface area contributed by atoms with Gasteiger partial charge in [0.15, 0.2) is 0 Å². The molecule has 2 aliphatic heterocycles. The summed E-state index contributed by atoms with van der Waals surface area (Å²) >= 11 is 0. The van der Waals surface area contributed by atoms with Gasteiger partial charge in [-0.05, 0) is 124 Å². The van der Waals surface area contributed by atoms with Gasteiger partial charge in [0.05, 0.1) is 18.2 Å². The molecule has 0 bridgehead atoms. The van der Waals surface area contributed by atoms with E-state index in [1.54, 1.807) is 0 Å². The number of furan rings is 3. The summed E-state index contributed by atoms with van der Waals surface area (Å²) in [6.45, 7) is 18.1. The van der Waals surface area contributed by atoms with Gasteiger partial charge in [0.2, 0.25) is 5.88 Å². The first-order chi connectivity index (χ1) is 30.8. The van der Waals surface area contributed by atoms with Crippen molar-refractivity contribution in [3.63, 3.8) is 0 Å². The van der Waals surface area contributed by atoms with Gasteiger partial charge in [-0.1, -0.05) is 126 Å². The number of hydrogen-bond donors (Lipinski definition) is 0. The van der Waals surface area contributed by atoms with Crippen molar-refractivity contribution in [2.45, 2.75) is 66.2 Å². The molecule has 312 valence electrons. The number of para-hydroxylation sites is 2. The van der Waals surface area contributed by atoms with Crippen molar-refractivity contribution in [3.8, 4) is 22.3 Å². The van der Waals surface area contributed by atoms with Gasteiger partial charge in [-0.25, -0.2) is 0 Å². The zero-order valence-electron chi connectivity index (χ0n) is 37.6. The van der Waals surface area contributed by atoms with Crippen LogP contribution in [0.2, 0.25) is 0 Å². The Bertz CT molecular complexity index is 3490. The first kappa shape index (κ1) is 38.5. The topological polar surface area (TPSA) is 45.9 Å². The lowest BCUT2D eigenvalue weighted by Gasteiger charge is -2.43. The fourth-order valence-electron chi connectivity index (χ4n) is 10.5. The molecule has 0 radical (unpaired) electrons. The monoisotopic (exact) mass is 832 g/mol. The van der Waals surface area contributed by atoms with E-state index in [2.05, 4.69) is 180 Å². The van der Waals surface area contributed by atoms with Gasteiger partial charge in [-0.3, -0.25) is 4.90 Å². The van der Waals surface area contributed by atoms with Crippen molar-refractivity contribution in [1.29, 1.82) is 0 Å². The molecule has 12 rings (SSSR count). The maximum atomic E-state index is 7.24. The zero-order chi connectivity index (χ0) is 43.8. The summed E-state index contributed by atoms with van der Waals surface area (Å²) in [5, 5.41) is 3.36. The highest BCUT2D eigenvalue weighted by Gasteiger charge is 2.47. The molecule has 0 unspecified atom stereocenters. The Morgan fingerprint density at radius 3 is 1.70 bits per heavy atom. The number of fused-ring (bicyclic) bond motifs is 8. The molecule has 64 heavy (non-hydrogen) atoms. The standard InChI is InChI=1S/C58H49BN2O3/c1-34-28-39(58(6,7)8)29-35(2)55(34)61-49-17-13-16-48-54(49)59(53-43-31-38(57(3,4)5)23-27-52(43)64-56(53)61)46-30-37(45-33-63-51-19-12-10-15-42(45)51)22-26-47(46)60(48)40-24-20-36(21-25-40)44-32-62-50-18-11-9-14-41(44)50/h9-33H,1-8H3. The summed E-state index contributed by atoms with van der Waals surface area (Å²) < 4.78 is 19.4. The Labute approximate surface area is 374 Å². The van der Waals surface area contributed by atoms with Crippen LogP contribution in [0.1, 0.15) is 63.8 Å². The number of benzene rings is 7. The SMILES string of the molecule is Cc1cc(C(C)(C)C)cc(C)c1N1c2cccc3c2B(c2cc(-c4coc5ccccc45)ccc2N3c2ccc(-c3coc4ccccc34)cc2)c2c1oc1ccc(C(C)(C)C)cc21. The normalized spacial score (nSPS) is 13.5. The van der Waals surface area contributed by atoms with Gasteiger partial charge in [0, 0.05) is 55.5 Å². The van der Waals surface area contributed by atoms with Crippen LogP contribution < -0.4 is 26.2 Å². The summed E-state index contributed by atoms with van der Waals surface area (Å²) in [6, 6.07) is 50.9. The van der Waals surface area contributed by atoms with Crippen molar-refractivity contribution in [2.75, 3.05) is 9.80 Å². The molecule has 0 amide bonds. The first-order valence-corrected chi connectivity index (χ1v) is 22.4. The third-order valence-corrected chi connectivity index (χ3v) is 13.8. The maximum absolute atomic E-state index is 7.24. The lowest BCUT2D eigenvalue weighted by molar-refractivity contribution is 0.589. The highest BCUT2D eigenvalue weighted by Crippen LogP contribution is 2.49. The molecule has 0 fully saturated rings. The lowest BCUT2D eigenvalue weighted by Crippen LogP contribution is -2.61. The Hall–Kier alpha value is -7.18. The molecular weight excluding hydrogens is 783 g/mol. The van der Waals surface area contributed by atoms with E-state index in [1.165, 1.54) is 38.6 Å². The summed E-state index contributed by atoms with van der Waals surface area (Å²) in [5.41, 5.74) is 21.3. The van der Waals surface area contributed by atoms with Crippen molar-refractivity contribution in [2.24, 2.45) is 0 Å². The summed E-state index contributed by atoms with van der Waals surface area (Å²) in [6.07, 6.45) is 3.79. The maximum Gasteiger partial charge on any atom is 0.257 e. The minimum atomic E-state index is -0.135. The van der Waals surface area contributed by atoms with Crippen LogP contribution in [0.25, 0.3) is 55.2 Å². The van der Waals surface area contributed by atoms with Crippen LogP contribution in [0.5, 0.6) is 0 Å². The van der Waals surface area contributed by atoms with Gasteiger partial charge in [0.25, 0.3) is 6.71 Å². The predicted octanol–water partition coefficient (Wildman–Crippen LogP) is 14.6. The third-order valence-electron chi connectivity index (χ3n) is 13.8. The first-order valence-electron chi connectivity index (χ1n) is 22.4. The largest absolute Gasteiger partial charge is 0.464 e. The van der Waals surface area contributed by atoms with Gasteiger partial charge in [0.1, 0.15) is 16.7 Å². The molecule has 0 atom stereocenters. The molecule has 10 aromatic rings. The molecule has 7 aromatic carbocycles. The molecule has 5 heterocycles. The second kappa shape index (κ2) is 13.7. The van der Waals surface area contributed by atoms with Gasteiger partial charge >= 0.3 is 0 Å². The van der Waals surface area contributed by atoms with Crippen LogP contribution in [-0.4, -0.2) is 6.71 Å². The molecule has 5 nitrogen and oxygen atoms in total. The lowest BCUT2D eigenvalue weighted by atomic mass is 9.33. The van der Waals surface area contributed by atoms with E-state index in [4.69, 9.17) is 13.3 Å². The van der Waals surface area contributed by atoms with Gasteiger partial charge in [-0.2, -0.15) is 0 Å². The zero-order valence-corrected chi connectivity index (χ0v) is 37.6. The summed E-state index contributed by atoms with van der Waals surface area (Å²) in [5.74, 6) is 0.876. The average Bonchev–Trinajstić information content (AvgIpc) is 4.02. The van der Waals surface area contributed by atoms with Gasteiger partial charge < -0.3 is 18.2 Å². The van der Waals surface area contributed by atoms with Crippen molar-refractivity contribution in [3.05, 3.63) is 174 Å². The molecule has 0 saturated carbocycles. The van der Waals surface area contributed by atoms with Crippen LogP contribution in [0, 0.1) is 13.8 Å². The molecule has 0 spiro atoms. The van der Waals surface area contributed by atoms with Crippen molar-refractivity contribution in [1.82, 2.24) is 0 Å². The molecule has 3 aromatic heterocycles. The number of anilines is 6. The third kappa shape index (κ3) is 5.71. The second-order valence-electron chi connectivity index (χ2n) is 19.9. The van der Waals surface area contributed by atoms with Crippen LogP contribution in [0.15, 0.2) is 165 Å². The van der Waals surface area contributed by atoms with E-state index >= 15 is 0 Å². The predicted molar refractivity (Wildman–Crippen MR) is 268 cm³/mol. The molecular formula is C58H49BN2O3. The molecule has 6 heteroatoms. The minimum absolute atomic E-state index is 0.00330. The number of nitrogens with zero attached hydrogens (tertiary/aromatic N) is 2. The highest BCUT2D eigenvalue weighted by molar-refractivity contribution is 7.01. The Kier molecular flexibility index (Phi) is 8.22. The fourth-order valence-corrected chi connectivity index (χ4v) is 10.5. The van der Waals surface area contributed by atoms with E-state index in [0.29, 0.717) is 0 Å². The number of aryl methyl sites for hydroxylation is 2. The van der Waals surface area contributed by atoms with Crippen LogP contribution >= 0.6 is 0 Å². The van der Waals surface area contributed by atoms with E-state index in [0.717, 1.165) is 89.5 Å². The van der Waals surface area contributed by atoms with Crippen LogP contribution in [0.4, 0.5) is 34.3 Å². The second-order valence-corrected chi connectivity index (χ2v) is 19.9. The minimum Gasteiger partial charge on any atom is -0.464 e. The molecule has 0 saturated heterocycles. The quantitative estimate of drug-likeness (QED) is 0.165. The van der Waals surface area contributed by atoms with Crippen LogP contribution in [-0.2, 0) is 10.8 Å². The van der Waals surface area contributed by atoms with E-state index in [-0.39, 0.29) is 17.5 Å². The molecule has 2 aliphatic rings. The highest BCUT2D eigenvalue weighted by atomic mass is 16.4. The average molecular weight is 833 g/mol. The molecule has 0 aliphatic carbocycles. The van der Waals surface area contributed by atoms with Crippen molar-refractivity contribution < 1.29 is 13.3 Å². The Morgan fingerprint density at radius 2 is 1.06 bits per heavy atom.